The summed E-state index contributed by atoms with van der Waals surface area (Å²) in [6, 6.07) is 12.0. The van der Waals surface area contributed by atoms with Gasteiger partial charge in [0.2, 0.25) is 0 Å². The summed E-state index contributed by atoms with van der Waals surface area (Å²) in [7, 11) is 2.27. The van der Waals surface area contributed by atoms with Gasteiger partial charge in [-0.25, -0.2) is 19.6 Å². The van der Waals surface area contributed by atoms with E-state index in [0.29, 0.717) is 22.3 Å². The molecule has 6 rings (SSSR count). The summed E-state index contributed by atoms with van der Waals surface area (Å²) in [6.45, 7) is 3.41. The van der Waals surface area contributed by atoms with Crippen LogP contribution in [0, 0.1) is 13.8 Å². The number of ether oxygens (including phenoxy) is 2. The van der Waals surface area contributed by atoms with Crippen LogP contribution in [0.5, 0.6) is 0 Å². The summed E-state index contributed by atoms with van der Waals surface area (Å²) in [4.78, 5) is 65.4. The number of nitrogens with one attached hydrogen (secondary N) is 2. The molecule has 6 aromatic rings. The second-order valence-electron chi connectivity index (χ2n) is 11.8. The lowest BCUT2D eigenvalue weighted by Crippen LogP contribution is -2.13. The van der Waals surface area contributed by atoms with Crippen molar-refractivity contribution >= 4 is 69.1 Å². The fourth-order valence-electron chi connectivity index (χ4n) is 5.07. The molecule has 0 atom stereocenters. The van der Waals surface area contributed by atoms with Crippen molar-refractivity contribution in [2.45, 2.75) is 26.2 Å². The largest absolute Gasteiger partial charge is 0.464 e. The lowest BCUT2D eigenvalue weighted by atomic mass is 10.1. The van der Waals surface area contributed by atoms with E-state index in [4.69, 9.17) is 0 Å². The Kier molecular flexibility index (Phi) is 14.6. The molecule has 0 spiro atoms. The Morgan fingerprint density at radius 2 is 0.983 bits per heavy atom. The lowest BCUT2D eigenvalue weighted by molar-refractivity contribution is -0.138. The molecule has 308 valence electrons. The van der Waals surface area contributed by atoms with Crippen molar-refractivity contribution < 1.29 is 55.0 Å². The van der Waals surface area contributed by atoms with E-state index in [9.17, 15) is 45.5 Å². The molecule has 0 saturated heterocycles. The number of thiazole rings is 2. The van der Waals surface area contributed by atoms with Gasteiger partial charge in [-0.1, -0.05) is 46.9 Å². The predicted octanol–water partition coefficient (Wildman–Crippen LogP) is 9.56. The monoisotopic (exact) mass is 878 g/mol. The molecule has 0 bridgehead atoms. The number of aryl methyl sites for hydroxylation is 2. The number of esters is 2. The van der Waals surface area contributed by atoms with Crippen molar-refractivity contribution in [3.63, 3.8) is 0 Å². The Bertz CT molecular complexity index is 2340. The number of nitrogens with zero attached hydrogens (tertiary/aromatic N) is 4. The smallest absolute Gasteiger partial charge is 0.416 e. The molecule has 0 unspecified atom stereocenters. The number of methoxy groups -OCH3 is 2. The average molecular weight is 879 g/mol. The third kappa shape index (κ3) is 11.0. The predicted molar refractivity (Wildman–Crippen MR) is 209 cm³/mol. The van der Waals surface area contributed by atoms with Gasteiger partial charge in [-0.05, 0) is 72.5 Å². The molecule has 0 fully saturated rings. The number of pyridine rings is 2. The maximum absolute atomic E-state index is 13.0. The molecular weight excluding hydrogens is 850 g/mol. The fraction of sp³-hybridized carbons (Fsp3) is 0.158. The first-order valence-corrected chi connectivity index (χ1v) is 18.0. The molecule has 4 aromatic heterocycles. The molecule has 21 heteroatoms. The van der Waals surface area contributed by atoms with Crippen LogP contribution in [0.25, 0.3) is 20.9 Å². The van der Waals surface area contributed by atoms with E-state index < -0.39 is 47.2 Å². The summed E-state index contributed by atoms with van der Waals surface area (Å²) < 4.78 is 87.6. The maximum atomic E-state index is 13.0. The van der Waals surface area contributed by atoms with Crippen LogP contribution in [0.1, 0.15) is 63.9 Å². The van der Waals surface area contributed by atoms with Crippen molar-refractivity contribution in [2.24, 2.45) is 0 Å². The Morgan fingerprint density at radius 1 is 0.610 bits per heavy atom. The second kappa shape index (κ2) is 19.0. The molecule has 2 amide bonds. The first-order chi connectivity index (χ1) is 27.4. The molecule has 59 heavy (non-hydrogen) atoms. The van der Waals surface area contributed by atoms with E-state index in [-0.39, 0.29) is 54.9 Å². The van der Waals surface area contributed by atoms with Gasteiger partial charge < -0.3 is 9.47 Å². The number of aromatic nitrogens is 4. The van der Waals surface area contributed by atoms with Crippen molar-refractivity contribution in [3.8, 4) is 20.9 Å². The van der Waals surface area contributed by atoms with E-state index in [2.05, 4.69) is 40.0 Å². The van der Waals surface area contributed by atoms with Crippen molar-refractivity contribution in [1.82, 2.24) is 19.9 Å². The van der Waals surface area contributed by atoms with E-state index >= 15 is 0 Å². The van der Waals surface area contributed by atoms with Gasteiger partial charge in [-0.3, -0.25) is 30.2 Å². The minimum absolute atomic E-state index is 0. The first-order valence-electron chi connectivity index (χ1n) is 16.4. The standard InChI is InChI=1S/2C19H14F3N3O3S.ClH/c2*1-10-9-23-7-6-13(10)16(26)25-18-24-14(17(27)28-2)15(29-18)11-4-3-5-12(8-11)19(20,21)22;/h2*3-9H,1-2H3,(H,24,25,26);1H. The number of carbonyl (C=O) groups excluding carboxylic acids is 4. The van der Waals surface area contributed by atoms with Gasteiger partial charge in [0.15, 0.2) is 21.7 Å². The Morgan fingerprint density at radius 3 is 1.31 bits per heavy atom. The van der Waals surface area contributed by atoms with Crippen molar-refractivity contribution in [3.05, 3.63) is 130 Å². The average Bonchev–Trinajstić information content (AvgIpc) is 3.82. The summed E-state index contributed by atoms with van der Waals surface area (Å²) in [5.41, 5.74) is 0.162. The Hall–Kier alpha value is -6.25. The van der Waals surface area contributed by atoms with Crippen molar-refractivity contribution in [2.75, 3.05) is 24.9 Å². The van der Waals surface area contributed by atoms with Crippen LogP contribution in [0.15, 0.2) is 85.5 Å². The summed E-state index contributed by atoms with van der Waals surface area (Å²) >= 11 is 1.76. The van der Waals surface area contributed by atoms with Crippen LogP contribution in [0.2, 0.25) is 0 Å². The first kappa shape index (κ1) is 45.5. The molecule has 0 saturated carbocycles. The molecule has 0 radical (unpaired) electrons. The van der Waals surface area contributed by atoms with Gasteiger partial charge >= 0.3 is 24.3 Å². The highest BCUT2D eigenvalue weighted by atomic mass is 35.5. The summed E-state index contributed by atoms with van der Waals surface area (Å²) in [5.74, 6) is -2.61. The van der Waals surface area contributed by atoms with Gasteiger partial charge in [-0.2, -0.15) is 26.3 Å². The number of alkyl halides is 6. The maximum Gasteiger partial charge on any atom is 0.416 e. The van der Waals surface area contributed by atoms with E-state index in [1.807, 2.05) is 0 Å². The number of rotatable bonds is 8. The number of benzene rings is 2. The molecule has 0 aliphatic heterocycles. The van der Waals surface area contributed by atoms with Crippen LogP contribution in [-0.4, -0.2) is 57.9 Å². The highest BCUT2D eigenvalue weighted by Crippen LogP contribution is 2.39. The minimum Gasteiger partial charge on any atom is -0.464 e. The Balaban J connectivity index is 0.000000256. The minimum atomic E-state index is -4.54. The Labute approximate surface area is 345 Å². The van der Waals surface area contributed by atoms with Crippen LogP contribution < -0.4 is 10.6 Å². The van der Waals surface area contributed by atoms with Crippen molar-refractivity contribution in [1.29, 1.82) is 0 Å². The zero-order chi connectivity index (χ0) is 42.4. The number of hydrogen-bond donors (Lipinski definition) is 2. The number of halogens is 7. The van der Waals surface area contributed by atoms with Crippen LogP contribution >= 0.6 is 35.1 Å². The zero-order valence-electron chi connectivity index (χ0n) is 30.8. The van der Waals surface area contributed by atoms with Gasteiger partial charge in [0.05, 0.1) is 35.1 Å². The zero-order valence-corrected chi connectivity index (χ0v) is 33.3. The number of hydrogen-bond acceptors (Lipinski definition) is 12. The highest BCUT2D eigenvalue weighted by Gasteiger charge is 2.33. The fourth-order valence-corrected chi connectivity index (χ4v) is 6.96. The SMILES string of the molecule is COC(=O)c1nc(NC(=O)c2ccncc2C)sc1-c1cccc(C(F)(F)F)c1.COC(=O)c1nc(NC(=O)c2ccncc2C)sc1-c1cccc(C(F)(F)F)c1.Cl. The highest BCUT2D eigenvalue weighted by molar-refractivity contribution is 7.19. The van der Waals surface area contributed by atoms with E-state index in [1.54, 1.807) is 13.8 Å². The third-order valence-corrected chi connectivity index (χ3v) is 9.93. The van der Waals surface area contributed by atoms with Gasteiger partial charge in [0.25, 0.3) is 11.8 Å². The number of amides is 2. The molecule has 2 aromatic carbocycles. The summed E-state index contributed by atoms with van der Waals surface area (Å²) in [6.07, 6.45) is -3.13. The lowest BCUT2D eigenvalue weighted by Gasteiger charge is -2.08. The quantitative estimate of drug-likeness (QED) is 0.111. The summed E-state index contributed by atoms with van der Waals surface area (Å²) in [5, 5.41) is 5.24. The van der Waals surface area contributed by atoms with Gasteiger partial charge in [-0.15, -0.1) is 12.4 Å². The van der Waals surface area contributed by atoms with E-state index in [1.165, 1.54) is 61.2 Å². The van der Waals surface area contributed by atoms with Gasteiger partial charge in [0, 0.05) is 35.9 Å². The van der Waals surface area contributed by atoms with Gasteiger partial charge in [0.1, 0.15) is 0 Å². The van der Waals surface area contributed by atoms with Crippen LogP contribution in [-0.2, 0) is 21.8 Å². The van der Waals surface area contributed by atoms with Crippen LogP contribution in [0.3, 0.4) is 0 Å². The number of anilines is 2. The molecule has 4 heterocycles. The second-order valence-corrected chi connectivity index (χ2v) is 13.8. The molecule has 12 nitrogen and oxygen atoms in total. The molecule has 0 aliphatic rings. The van der Waals surface area contributed by atoms with Crippen LogP contribution in [0.4, 0.5) is 36.6 Å². The third-order valence-electron chi connectivity index (χ3n) is 7.89. The number of carbonyl (C=O) groups is 4. The topological polar surface area (TPSA) is 162 Å². The molecular formula is C38H29ClF6N6O6S2. The molecule has 2 N–H and O–H groups in total. The normalized spacial score (nSPS) is 11.0. The molecule has 0 aliphatic carbocycles. The van der Waals surface area contributed by atoms with E-state index in [0.717, 1.165) is 61.2 Å².